The lowest BCUT2D eigenvalue weighted by atomic mass is 10.2. The number of amides is 1. The van der Waals surface area contributed by atoms with Crippen LogP contribution in [-0.2, 0) is 9.63 Å². The summed E-state index contributed by atoms with van der Waals surface area (Å²) < 4.78 is 15.6. The molecular weight excluding hydrogens is 372 g/mol. The van der Waals surface area contributed by atoms with Crippen molar-refractivity contribution in [2.24, 2.45) is 5.16 Å². The molecule has 0 aliphatic heterocycles. The molecule has 2 rings (SSSR count). The Morgan fingerprint density at radius 2 is 1.70 bits per heavy atom. The van der Waals surface area contributed by atoms with Gasteiger partial charge in [-0.3, -0.25) is 4.79 Å². The first-order valence-electron chi connectivity index (χ1n) is 8.04. The van der Waals surface area contributed by atoms with Gasteiger partial charge in [0.1, 0.15) is 5.75 Å². The normalized spacial score (nSPS) is 11.7. The van der Waals surface area contributed by atoms with Crippen molar-refractivity contribution >= 4 is 29.4 Å². The highest BCUT2D eigenvalue weighted by Crippen LogP contribution is 2.28. The number of methoxy groups -OCH3 is 3. The van der Waals surface area contributed by atoms with Crippen LogP contribution in [0, 0.1) is 0 Å². The van der Waals surface area contributed by atoms with Crippen molar-refractivity contribution in [2.75, 3.05) is 26.6 Å². The van der Waals surface area contributed by atoms with Gasteiger partial charge in [-0.1, -0.05) is 16.8 Å². The average molecular weight is 393 g/mol. The van der Waals surface area contributed by atoms with Gasteiger partial charge < -0.3 is 24.4 Å². The molecule has 0 aliphatic carbocycles. The van der Waals surface area contributed by atoms with Crippen molar-refractivity contribution in [2.45, 2.75) is 13.0 Å². The fourth-order valence-electron chi connectivity index (χ4n) is 2.18. The van der Waals surface area contributed by atoms with E-state index in [9.17, 15) is 4.79 Å². The van der Waals surface area contributed by atoms with E-state index in [1.165, 1.54) is 13.3 Å². The summed E-state index contributed by atoms with van der Waals surface area (Å²) in [5.74, 6) is 1.29. The lowest BCUT2D eigenvalue weighted by molar-refractivity contribution is -0.126. The molecular formula is C19H21ClN2O5. The maximum Gasteiger partial charge on any atom is 0.268 e. The minimum atomic E-state index is -0.829. The van der Waals surface area contributed by atoms with Crippen LogP contribution in [0.25, 0.3) is 0 Å². The van der Waals surface area contributed by atoms with Crippen LogP contribution in [0.3, 0.4) is 0 Å². The van der Waals surface area contributed by atoms with Gasteiger partial charge in [0.2, 0.25) is 6.10 Å². The maximum absolute atomic E-state index is 12.3. The van der Waals surface area contributed by atoms with E-state index in [1.807, 2.05) is 0 Å². The number of nitrogens with one attached hydrogen (secondary N) is 1. The van der Waals surface area contributed by atoms with Crippen molar-refractivity contribution in [3.05, 3.63) is 47.0 Å². The molecule has 0 aliphatic rings. The van der Waals surface area contributed by atoms with Gasteiger partial charge in [0.15, 0.2) is 11.5 Å². The lowest BCUT2D eigenvalue weighted by Gasteiger charge is -2.13. The lowest BCUT2D eigenvalue weighted by Crippen LogP contribution is -2.26. The second-order valence-electron chi connectivity index (χ2n) is 5.43. The molecule has 144 valence electrons. The van der Waals surface area contributed by atoms with E-state index in [-0.39, 0.29) is 5.91 Å². The highest BCUT2D eigenvalue weighted by molar-refractivity contribution is 6.31. The van der Waals surface area contributed by atoms with Gasteiger partial charge in [-0.2, -0.15) is 0 Å². The molecule has 1 atom stereocenters. The molecule has 0 saturated heterocycles. The molecule has 0 saturated carbocycles. The first kappa shape index (κ1) is 20.4. The molecule has 0 unspecified atom stereocenters. The predicted molar refractivity (Wildman–Crippen MR) is 104 cm³/mol. The molecule has 0 heterocycles. The summed E-state index contributed by atoms with van der Waals surface area (Å²) in [6.45, 7) is 1.58. The molecule has 1 amide bonds. The molecule has 0 aromatic heterocycles. The van der Waals surface area contributed by atoms with Gasteiger partial charge in [0.25, 0.3) is 5.91 Å². The Labute approximate surface area is 162 Å². The second-order valence-corrected chi connectivity index (χ2v) is 5.87. The molecule has 0 bridgehead atoms. The monoisotopic (exact) mass is 392 g/mol. The number of ether oxygens (including phenoxy) is 3. The van der Waals surface area contributed by atoms with Crippen molar-refractivity contribution in [1.82, 2.24) is 0 Å². The van der Waals surface area contributed by atoms with E-state index in [2.05, 4.69) is 10.5 Å². The Kier molecular flexibility index (Phi) is 7.31. The summed E-state index contributed by atoms with van der Waals surface area (Å²) in [5.41, 5.74) is 1.19. The quantitative estimate of drug-likeness (QED) is 0.547. The van der Waals surface area contributed by atoms with Gasteiger partial charge in [-0.15, -0.1) is 0 Å². The zero-order chi connectivity index (χ0) is 19.8. The number of halogens is 1. The summed E-state index contributed by atoms with van der Waals surface area (Å²) in [4.78, 5) is 17.5. The molecule has 2 aromatic carbocycles. The zero-order valence-electron chi connectivity index (χ0n) is 15.5. The summed E-state index contributed by atoms with van der Waals surface area (Å²) in [6, 6.07) is 10.2. The Morgan fingerprint density at radius 3 is 2.37 bits per heavy atom. The summed E-state index contributed by atoms with van der Waals surface area (Å²) in [5, 5.41) is 7.03. The highest BCUT2D eigenvalue weighted by Gasteiger charge is 2.16. The first-order chi connectivity index (χ1) is 13.0. The fraction of sp³-hybridized carbons (Fsp3) is 0.263. The summed E-state index contributed by atoms with van der Waals surface area (Å²) in [7, 11) is 4.61. The van der Waals surface area contributed by atoms with E-state index in [0.29, 0.717) is 28.0 Å². The van der Waals surface area contributed by atoms with Crippen LogP contribution in [0.2, 0.25) is 5.02 Å². The third-order valence-corrected chi connectivity index (χ3v) is 3.85. The van der Waals surface area contributed by atoms with Crippen LogP contribution < -0.4 is 19.5 Å². The Balaban J connectivity index is 1.99. The number of oxime groups is 1. The molecule has 0 radical (unpaired) electrons. The number of carbonyl (C=O) groups excluding carboxylic acids is 1. The van der Waals surface area contributed by atoms with Gasteiger partial charge in [-0.25, -0.2) is 0 Å². The van der Waals surface area contributed by atoms with Gasteiger partial charge in [0, 0.05) is 10.6 Å². The molecule has 7 nitrogen and oxygen atoms in total. The highest BCUT2D eigenvalue weighted by atomic mass is 35.5. The average Bonchev–Trinajstić information content (AvgIpc) is 2.67. The molecule has 1 N–H and O–H groups in total. The summed E-state index contributed by atoms with van der Waals surface area (Å²) >= 11 is 5.95. The van der Waals surface area contributed by atoms with E-state index >= 15 is 0 Å². The number of rotatable bonds is 8. The molecule has 0 fully saturated rings. The first-order valence-corrected chi connectivity index (χ1v) is 8.42. The van der Waals surface area contributed by atoms with Crippen molar-refractivity contribution in [3.8, 4) is 17.2 Å². The molecule has 27 heavy (non-hydrogen) atoms. The topological polar surface area (TPSA) is 78.4 Å². The fourth-order valence-corrected chi connectivity index (χ4v) is 2.35. The van der Waals surface area contributed by atoms with E-state index < -0.39 is 6.10 Å². The van der Waals surface area contributed by atoms with Crippen LogP contribution in [0.15, 0.2) is 41.6 Å². The maximum atomic E-state index is 12.3. The third kappa shape index (κ3) is 5.52. The van der Waals surface area contributed by atoms with Crippen LogP contribution in [0.4, 0.5) is 5.69 Å². The number of hydrogen-bond acceptors (Lipinski definition) is 6. The molecule has 0 spiro atoms. The van der Waals surface area contributed by atoms with Crippen molar-refractivity contribution < 1.29 is 23.8 Å². The largest absolute Gasteiger partial charge is 0.495 e. The number of benzene rings is 2. The summed E-state index contributed by atoms with van der Waals surface area (Å²) in [6.07, 6.45) is 0.649. The Bertz CT molecular complexity index is 826. The number of nitrogens with zero attached hydrogens (tertiary/aromatic N) is 1. The van der Waals surface area contributed by atoms with E-state index in [1.54, 1.807) is 57.5 Å². The predicted octanol–water partition coefficient (Wildman–Crippen LogP) is 3.74. The minimum Gasteiger partial charge on any atom is -0.495 e. The number of carbonyl (C=O) groups is 1. The van der Waals surface area contributed by atoms with Crippen molar-refractivity contribution in [1.29, 1.82) is 0 Å². The van der Waals surface area contributed by atoms with E-state index in [4.69, 9.17) is 30.6 Å². The van der Waals surface area contributed by atoms with Crippen LogP contribution >= 0.6 is 11.6 Å². The van der Waals surface area contributed by atoms with Crippen LogP contribution in [-0.4, -0.2) is 39.6 Å². The third-order valence-electron chi connectivity index (χ3n) is 3.62. The number of hydrogen-bond donors (Lipinski definition) is 1. The Morgan fingerprint density at radius 1 is 1.04 bits per heavy atom. The van der Waals surface area contributed by atoms with Crippen LogP contribution in [0.1, 0.15) is 12.5 Å². The van der Waals surface area contributed by atoms with E-state index in [0.717, 1.165) is 5.56 Å². The molecule has 8 heteroatoms. The smallest absolute Gasteiger partial charge is 0.268 e. The van der Waals surface area contributed by atoms with Gasteiger partial charge >= 0.3 is 0 Å². The van der Waals surface area contributed by atoms with Crippen LogP contribution in [0.5, 0.6) is 17.2 Å². The van der Waals surface area contributed by atoms with Crippen molar-refractivity contribution in [3.63, 3.8) is 0 Å². The van der Waals surface area contributed by atoms with Gasteiger partial charge in [0.05, 0.1) is 33.2 Å². The second kappa shape index (κ2) is 9.68. The minimum absolute atomic E-state index is 0.389. The molecule has 2 aromatic rings. The zero-order valence-corrected chi connectivity index (χ0v) is 16.2. The SMILES string of the molecule is COc1ccc(Cl)cc1NC(=O)[C@H](C)O/N=C\c1ccc(OC)c(OC)c1. The Hall–Kier alpha value is -2.93. The van der Waals surface area contributed by atoms with Gasteiger partial charge in [-0.05, 0) is 43.3 Å². The number of anilines is 1. The standard InChI is InChI=1S/C19H21ClN2O5/c1-12(19(23)22-15-10-14(20)6-8-16(15)24-2)27-21-11-13-5-7-17(25-3)18(9-13)26-4/h5-12H,1-4H3,(H,22,23)/b21-11-/t12-/m0/s1.